The molecule has 1 aliphatic carbocycles. The van der Waals surface area contributed by atoms with Gasteiger partial charge in [-0.1, -0.05) is 22.9 Å². The molecule has 1 fully saturated rings. The van der Waals surface area contributed by atoms with Gasteiger partial charge in [-0.15, -0.1) is 10.2 Å². The highest BCUT2D eigenvalue weighted by atomic mass is 79.9. The Bertz CT molecular complexity index is 1010. The van der Waals surface area contributed by atoms with Crippen molar-refractivity contribution >= 4 is 65.7 Å². The van der Waals surface area contributed by atoms with Gasteiger partial charge in [0.2, 0.25) is 5.13 Å². The second kappa shape index (κ2) is 5.61. The molecule has 3 aromatic rings. The predicted molar refractivity (Wildman–Crippen MR) is 97.9 cm³/mol. The number of halogens is 3. The fraction of sp³-hybridized carbons (Fsp3) is 0.286. The van der Waals surface area contributed by atoms with Gasteiger partial charge in [0.15, 0.2) is 0 Å². The molecule has 118 valence electrons. The molecular weight excluding hydrogens is 468 g/mol. The van der Waals surface area contributed by atoms with Crippen LogP contribution in [0.1, 0.15) is 29.6 Å². The van der Waals surface area contributed by atoms with Crippen molar-refractivity contribution in [3.63, 3.8) is 0 Å². The lowest BCUT2D eigenvalue weighted by Crippen LogP contribution is -2.22. The summed E-state index contributed by atoms with van der Waals surface area (Å²) in [5.41, 5.74) is 0.307. The molecule has 5 nitrogen and oxygen atoms in total. The highest BCUT2D eigenvalue weighted by molar-refractivity contribution is 9.11. The van der Waals surface area contributed by atoms with Crippen LogP contribution >= 0.6 is 54.8 Å². The molecule has 2 aromatic heterocycles. The largest absolute Gasteiger partial charge is 0.269 e. The molecule has 1 aliphatic rings. The van der Waals surface area contributed by atoms with Crippen LogP contribution in [0, 0.1) is 6.92 Å². The van der Waals surface area contributed by atoms with Gasteiger partial charge in [0.05, 0.1) is 15.9 Å². The van der Waals surface area contributed by atoms with E-state index in [0.717, 1.165) is 17.8 Å². The summed E-state index contributed by atoms with van der Waals surface area (Å²) in [7, 11) is 0. The standard InChI is InChI=1S/C14H9Br2ClN4OS/c1-5-18-11-8(16)4-7(15)10(17)9(11)13(22)21(5)14-20-19-12(23-14)6-2-3-6/h4,6H,2-3H2,1H3. The fourth-order valence-corrected chi connectivity index (χ4v) is 4.93. The van der Waals surface area contributed by atoms with Gasteiger partial charge in [-0.25, -0.2) is 9.55 Å². The number of nitrogens with zero attached hydrogens (tertiary/aromatic N) is 4. The van der Waals surface area contributed by atoms with Crippen molar-refractivity contribution in [3.8, 4) is 5.13 Å². The summed E-state index contributed by atoms with van der Waals surface area (Å²) in [6.07, 6.45) is 2.29. The quantitative estimate of drug-likeness (QED) is 0.507. The number of fused-ring (bicyclic) bond motifs is 1. The van der Waals surface area contributed by atoms with Crippen molar-refractivity contribution in [2.45, 2.75) is 25.7 Å². The molecule has 0 spiro atoms. The van der Waals surface area contributed by atoms with E-state index in [4.69, 9.17) is 11.6 Å². The molecule has 0 unspecified atom stereocenters. The summed E-state index contributed by atoms with van der Waals surface area (Å²) >= 11 is 14.6. The number of hydrogen-bond donors (Lipinski definition) is 0. The first-order chi connectivity index (χ1) is 11.0. The monoisotopic (exact) mass is 474 g/mol. The molecular formula is C14H9Br2ClN4OS. The van der Waals surface area contributed by atoms with Crippen molar-refractivity contribution in [3.05, 3.63) is 41.2 Å². The molecule has 0 atom stereocenters. The molecule has 1 saturated carbocycles. The van der Waals surface area contributed by atoms with Gasteiger partial charge in [-0.2, -0.15) is 0 Å². The molecule has 23 heavy (non-hydrogen) atoms. The Morgan fingerprint density at radius 2 is 2.04 bits per heavy atom. The Balaban J connectivity index is 2.03. The van der Waals surface area contributed by atoms with Gasteiger partial charge < -0.3 is 0 Å². The third-order valence-electron chi connectivity index (χ3n) is 3.71. The first-order valence-corrected chi connectivity index (χ1v) is 9.66. The van der Waals surface area contributed by atoms with Crippen LogP contribution in [0.3, 0.4) is 0 Å². The minimum atomic E-state index is -0.238. The number of benzene rings is 1. The number of hydrogen-bond acceptors (Lipinski definition) is 5. The minimum absolute atomic E-state index is 0.238. The lowest BCUT2D eigenvalue weighted by molar-refractivity contribution is 0.853. The molecule has 0 aliphatic heterocycles. The molecule has 0 radical (unpaired) electrons. The van der Waals surface area contributed by atoms with Gasteiger partial charge in [0.25, 0.3) is 5.56 Å². The van der Waals surface area contributed by atoms with Gasteiger partial charge in [-0.3, -0.25) is 4.79 Å². The van der Waals surface area contributed by atoms with Crippen LogP contribution in [0.4, 0.5) is 0 Å². The summed E-state index contributed by atoms with van der Waals surface area (Å²) in [5.74, 6) is 1.05. The maximum Gasteiger partial charge on any atom is 0.269 e. The molecule has 2 heterocycles. The van der Waals surface area contributed by atoms with Gasteiger partial charge in [0.1, 0.15) is 10.8 Å². The summed E-state index contributed by atoms with van der Waals surface area (Å²) in [6, 6.07) is 1.79. The average molecular weight is 477 g/mol. The van der Waals surface area contributed by atoms with E-state index in [1.54, 1.807) is 13.0 Å². The molecule has 4 rings (SSSR count). The normalized spacial score (nSPS) is 14.6. The molecule has 0 saturated heterocycles. The van der Waals surface area contributed by atoms with E-state index in [1.807, 2.05) is 0 Å². The topological polar surface area (TPSA) is 60.7 Å². The Morgan fingerprint density at radius 1 is 1.30 bits per heavy atom. The minimum Gasteiger partial charge on any atom is -0.268 e. The maximum absolute atomic E-state index is 13.0. The summed E-state index contributed by atoms with van der Waals surface area (Å²) in [4.78, 5) is 17.5. The Labute approximate surface area is 157 Å². The number of aromatic nitrogens is 4. The van der Waals surface area contributed by atoms with Crippen molar-refractivity contribution in [2.24, 2.45) is 0 Å². The van der Waals surface area contributed by atoms with E-state index in [9.17, 15) is 4.79 Å². The van der Waals surface area contributed by atoms with Crippen molar-refractivity contribution in [1.29, 1.82) is 0 Å². The van der Waals surface area contributed by atoms with Gasteiger partial charge in [0, 0.05) is 14.9 Å². The lowest BCUT2D eigenvalue weighted by Gasteiger charge is -2.10. The highest BCUT2D eigenvalue weighted by Crippen LogP contribution is 2.41. The van der Waals surface area contributed by atoms with Crippen LogP contribution in [0.2, 0.25) is 5.02 Å². The first-order valence-electron chi connectivity index (χ1n) is 6.88. The van der Waals surface area contributed by atoms with Crippen LogP contribution in [0.5, 0.6) is 0 Å². The van der Waals surface area contributed by atoms with E-state index in [2.05, 4.69) is 47.0 Å². The van der Waals surface area contributed by atoms with E-state index in [0.29, 0.717) is 41.7 Å². The van der Waals surface area contributed by atoms with Crippen LogP contribution in [0.25, 0.3) is 16.0 Å². The third kappa shape index (κ3) is 2.56. The lowest BCUT2D eigenvalue weighted by atomic mass is 10.2. The van der Waals surface area contributed by atoms with Crippen molar-refractivity contribution in [2.75, 3.05) is 0 Å². The second-order valence-electron chi connectivity index (χ2n) is 5.37. The van der Waals surface area contributed by atoms with Gasteiger partial charge >= 0.3 is 0 Å². The molecule has 0 bridgehead atoms. The van der Waals surface area contributed by atoms with Crippen LogP contribution in [-0.2, 0) is 0 Å². The summed E-state index contributed by atoms with van der Waals surface area (Å²) in [6.45, 7) is 1.78. The fourth-order valence-electron chi connectivity index (χ4n) is 2.40. The van der Waals surface area contributed by atoms with E-state index < -0.39 is 0 Å². The second-order valence-corrected chi connectivity index (χ2v) is 8.45. The zero-order valence-corrected chi connectivity index (χ0v) is 16.6. The van der Waals surface area contributed by atoms with E-state index in [1.165, 1.54) is 15.9 Å². The first kappa shape index (κ1) is 15.7. The smallest absolute Gasteiger partial charge is 0.268 e. The Kier molecular flexibility index (Phi) is 3.83. The van der Waals surface area contributed by atoms with E-state index >= 15 is 0 Å². The van der Waals surface area contributed by atoms with Crippen LogP contribution in [0.15, 0.2) is 19.8 Å². The SMILES string of the molecule is Cc1nc2c(Br)cc(Br)c(Cl)c2c(=O)n1-c1nnc(C2CC2)s1. The van der Waals surface area contributed by atoms with Crippen LogP contribution < -0.4 is 5.56 Å². The Morgan fingerprint density at radius 3 is 2.74 bits per heavy atom. The molecule has 0 amide bonds. The molecule has 0 N–H and O–H groups in total. The summed E-state index contributed by atoms with van der Waals surface area (Å²) in [5, 5.41) is 10.6. The predicted octanol–water partition coefficient (Wildman–Crippen LogP) is 4.60. The number of aryl methyl sites for hydroxylation is 1. The maximum atomic E-state index is 13.0. The van der Waals surface area contributed by atoms with Gasteiger partial charge in [-0.05, 0) is 57.7 Å². The Hall–Kier alpha value is -0.830. The highest BCUT2D eigenvalue weighted by Gasteiger charge is 2.28. The zero-order chi connectivity index (χ0) is 16.3. The van der Waals surface area contributed by atoms with Crippen molar-refractivity contribution in [1.82, 2.24) is 19.7 Å². The summed E-state index contributed by atoms with van der Waals surface area (Å²) < 4.78 is 2.84. The average Bonchev–Trinajstić information content (AvgIpc) is 3.24. The zero-order valence-electron chi connectivity index (χ0n) is 11.8. The van der Waals surface area contributed by atoms with Crippen LogP contribution in [-0.4, -0.2) is 19.7 Å². The molecule has 1 aromatic carbocycles. The van der Waals surface area contributed by atoms with E-state index in [-0.39, 0.29) is 5.56 Å². The molecule has 9 heteroatoms. The van der Waals surface area contributed by atoms with Crippen molar-refractivity contribution < 1.29 is 0 Å². The third-order valence-corrected chi connectivity index (χ3v) is 6.63. The number of rotatable bonds is 2.